The van der Waals surface area contributed by atoms with Gasteiger partial charge in [0, 0.05) is 19.3 Å². The van der Waals surface area contributed by atoms with Crippen LogP contribution in [0.4, 0.5) is 5.82 Å². The predicted octanol–water partition coefficient (Wildman–Crippen LogP) is 1.75. The van der Waals surface area contributed by atoms with Crippen molar-refractivity contribution >= 4 is 26.9 Å². The zero-order valence-electron chi connectivity index (χ0n) is 14.4. The van der Waals surface area contributed by atoms with Crippen LogP contribution in [0.15, 0.2) is 18.6 Å². The molecule has 3 rings (SSSR count). The monoisotopic (exact) mass is 351 g/mol. The quantitative estimate of drug-likeness (QED) is 0.856. The summed E-state index contributed by atoms with van der Waals surface area (Å²) < 4.78 is 26.0. The molecule has 1 aliphatic carbocycles. The number of hydrogen-bond acceptors (Lipinski definition) is 5. The van der Waals surface area contributed by atoms with E-state index in [1.165, 1.54) is 7.05 Å². The molecule has 0 bridgehead atoms. The molecule has 24 heavy (non-hydrogen) atoms. The van der Waals surface area contributed by atoms with Crippen molar-refractivity contribution in [3.05, 3.63) is 18.6 Å². The number of aromatic amines is 1. The van der Waals surface area contributed by atoms with Crippen molar-refractivity contribution in [1.82, 2.24) is 19.7 Å². The van der Waals surface area contributed by atoms with E-state index in [9.17, 15) is 8.42 Å². The lowest BCUT2D eigenvalue weighted by molar-refractivity contribution is 0.258. The second-order valence-electron chi connectivity index (χ2n) is 6.76. The first kappa shape index (κ1) is 17.2. The normalized spacial score (nSPS) is 25.0. The minimum Gasteiger partial charge on any atom is -0.356 e. The van der Waals surface area contributed by atoms with Crippen LogP contribution in [0.25, 0.3) is 11.0 Å². The first-order valence-electron chi connectivity index (χ1n) is 8.33. The summed E-state index contributed by atoms with van der Waals surface area (Å²) in [4.78, 5) is 14.1. The van der Waals surface area contributed by atoms with Gasteiger partial charge in [-0.25, -0.2) is 23.1 Å². The largest absolute Gasteiger partial charge is 0.356 e. The molecule has 0 radical (unpaired) electrons. The van der Waals surface area contributed by atoms with Gasteiger partial charge in [0.25, 0.3) is 0 Å². The Labute approximate surface area is 142 Å². The summed E-state index contributed by atoms with van der Waals surface area (Å²) in [6.45, 7) is 2.20. The lowest BCUT2D eigenvalue weighted by Crippen LogP contribution is -2.43. The highest BCUT2D eigenvalue weighted by Crippen LogP contribution is 2.35. The summed E-state index contributed by atoms with van der Waals surface area (Å²) in [6.07, 6.45) is 6.26. The van der Waals surface area contributed by atoms with Crippen LogP contribution in [0.2, 0.25) is 0 Å². The summed E-state index contributed by atoms with van der Waals surface area (Å²) in [5, 5.41) is 1.02. The molecule has 7 nitrogen and oxygen atoms in total. The summed E-state index contributed by atoms with van der Waals surface area (Å²) >= 11 is 0. The number of H-pyrrole nitrogens is 1. The first-order valence-corrected chi connectivity index (χ1v) is 9.98. The Balaban J connectivity index is 1.73. The van der Waals surface area contributed by atoms with E-state index in [-0.39, 0.29) is 11.7 Å². The third-order valence-electron chi connectivity index (χ3n) is 5.16. The van der Waals surface area contributed by atoms with Crippen LogP contribution in [0.3, 0.4) is 0 Å². The van der Waals surface area contributed by atoms with Crippen molar-refractivity contribution < 1.29 is 8.42 Å². The maximum Gasteiger partial charge on any atom is 0.211 e. The molecular formula is C16H25N5O2S. The molecule has 8 heteroatoms. The van der Waals surface area contributed by atoms with Gasteiger partial charge in [-0.1, -0.05) is 6.92 Å². The molecule has 1 fully saturated rings. The highest BCUT2D eigenvalue weighted by molar-refractivity contribution is 7.89. The molecular weight excluding hydrogens is 326 g/mol. The summed E-state index contributed by atoms with van der Waals surface area (Å²) in [6, 6.07) is 2.35. The number of rotatable bonds is 5. The Morgan fingerprint density at radius 3 is 2.88 bits per heavy atom. The van der Waals surface area contributed by atoms with Crippen LogP contribution < -0.4 is 9.62 Å². The van der Waals surface area contributed by atoms with Gasteiger partial charge in [-0.05, 0) is 44.2 Å². The average molecular weight is 351 g/mol. The number of nitrogens with one attached hydrogen (secondary N) is 2. The van der Waals surface area contributed by atoms with Gasteiger partial charge in [-0.15, -0.1) is 0 Å². The van der Waals surface area contributed by atoms with Gasteiger partial charge in [0.15, 0.2) is 0 Å². The zero-order chi connectivity index (χ0) is 17.3. The van der Waals surface area contributed by atoms with E-state index in [2.05, 4.69) is 38.5 Å². The molecule has 2 N–H and O–H groups in total. The molecule has 1 aliphatic rings. The maximum absolute atomic E-state index is 11.8. The van der Waals surface area contributed by atoms with E-state index in [0.29, 0.717) is 12.0 Å². The van der Waals surface area contributed by atoms with E-state index in [1.54, 1.807) is 6.33 Å². The fourth-order valence-electron chi connectivity index (χ4n) is 3.91. The molecule has 132 valence electrons. The number of aromatic nitrogens is 3. The molecule has 1 saturated carbocycles. The van der Waals surface area contributed by atoms with Crippen LogP contribution in [0.5, 0.6) is 0 Å². The lowest BCUT2D eigenvalue weighted by atomic mass is 9.79. The SMILES string of the molecule is CNS(=O)(=O)C[C@@H]1CCC(N(C)c2ncnc3[nH]ccc23)C(C)C1. The molecule has 0 aliphatic heterocycles. The average Bonchev–Trinajstić information content (AvgIpc) is 3.02. The molecule has 0 saturated heterocycles. The second-order valence-corrected chi connectivity index (χ2v) is 8.73. The van der Waals surface area contributed by atoms with Crippen molar-refractivity contribution in [2.45, 2.75) is 32.2 Å². The van der Waals surface area contributed by atoms with Gasteiger partial charge in [-0.3, -0.25) is 0 Å². The van der Waals surface area contributed by atoms with Crippen molar-refractivity contribution in [3.8, 4) is 0 Å². The minimum atomic E-state index is -3.14. The molecule has 0 spiro atoms. The first-order chi connectivity index (χ1) is 11.4. The summed E-state index contributed by atoms with van der Waals surface area (Å²) in [7, 11) is 0.410. The summed E-state index contributed by atoms with van der Waals surface area (Å²) in [5.41, 5.74) is 0.841. The van der Waals surface area contributed by atoms with Crippen LogP contribution in [-0.4, -0.2) is 49.3 Å². The highest BCUT2D eigenvalue weighted by Gasteiger charge is 2.33. The van der Waals surface area contributed by atoms with Crippen molar-refractivity contribution in [2.75, 3.05) is 24.7 Å². The third kappa shape index (κ3) is 3.39. The molecule has 2 heterocycles. The van der Waals surface area contributed by atoms with Gasteiger partial charge >= 0.3 is 0 Å². The maximum atomic E-state index is 11.8. The number of anilines is 1. The smallest absolute Gasteiger partial charge is 0.211 e. The van der Waals surface area contributed by atoms with E-state index in [1.807, 2.05) is 12.3 Å². The molecule has 0 aromatic carbocycles. The van der Waals surface area contributed by atoms with Crippen LogP contribution in [0, 0.1) is 11.8 Å². The van der Waals surface area contributed by atoms with Gasteiger partial charge in [0.05, 0.1) is 11.1 Å². The second kappa shape index (κ2) is 6.68. The Morgan fingerprint density at radius 2 is 2.17 bits per heavy atom. The Kier molecular flexibility index (Phi) is 4.78. The molecule has 2 aromatic heterocycles. The molecule has 2 aromatic rings. The molecule has 3 atom stereocenters. The van der Waals surface area contributed by atoms with E-state index in [4.69, 9.17) is 0 Å². The minimum absolute atomic E-state index is 0.222. The van der Waals surface area contributed by atoms with Crippen molar-refractivity contribution in [3.63, 3.8) is 0 Å². The van der Waals surface area contributed by atoms with Gasteiger partial charge < -0.3 is 9.88 Å². The van der Waals surface area contributed by atoms with E-state index in [0.717, 1.165) is 36.1 Å². The Bertz CT molecular complexity index is 804. The van der Waals surface area contributed by atoms with Crippen molar-refractivity contribution in [2.24, 2.45) is 11.8 Å². The summed E-state index contributed by atoms with van der Waals surface area (Å²) in [5.74, 6) is 1.78. The number of hydrogen-bond donors (Lipinski definition) is 2. The van der Waals surface area contributed by atoms with Crippen LogP contribution >= 0.6 is 0 Å². The highest BCUT2D eigenvalue weighted by atomic mass is 32.2. The van der Waals surface area contributed by atoms with Gasteiger partial charge in [0.2, 0.25) is 10.0 Å². The van der Waals surface area contributed by atoms with Crippen molar-refractivity contribution in [1.29, 1.82) is 0 Å². The topological polar surface area (TPSA) is 91.0 Å². The standard InChI is InChI=1S/C16H25N5O2S/c1-11-8-12(9-24(22,23)17-2)4-5-14(11)21(3)16-13-6-7-18-15(13)19-10-20-16/h6-7,10-12,14,17H,4-5,8-9H2,1-3H3,(H,18,19,20)/t11?,12-,14?/m1/s1. The van der Waals surface area contributed by atoms with Crippen LogP contribution in [0.1, 0.15) is 26.2 Å². The van der Waals surface area contributed by atoms with E-state index >= 15 is 0 Å². The Morgan fingerprint density at radius 1 is 1.38 bits per heavy atom. The fourth-order valence-corrected chi connectivity index (χ4v) is 5.00. The number of fused-ring (bicyclic) bond motifs is 1. The number of sulfonamides is 1. The fraction of sp³-hybridized carbons (Fsp3) is 0.625. The van der Waals surface area contributed by atoms with Gasteiger partial charge in [-0.2, -0.15) is 0 Å². The Hall–Kier alpha value is -1.67. The van der Waals surface area contributed by atoms with Gasteiger partial charge in [0.1, 0.15) is 17.8 Å². The predicted molar refractivity (Wildman–Crippen MR) is 95.4 cm³/mol. The van der Waals surface area contributed by atoms with Crippen LogP contribution in [-0.2, 0) is 10.0 Å². The number of nitrogens with zero attached hydrogens (tertiary/aromatic N) is 3. The molecule has 2 unspecified atom stereocenters. The zero-order valence-corrected chi connectivity index (χ0v) is 15.2. The van der Waals surface area contributed by atoms with E-state index < -0.39 is 10.0 Å². The molecule has 0 amide bonds. The third-order valence-corrected chi connectivity index (χ3v) is 6.70. The lowest BCUT2D eigenvalue weighted by Gasteiger charge is -2.40.